The molecule has 1 fully saturated rings. The van der Waals surface area contributed by atoms with Crippen LogP contribution >= 0.6 is 0 Å². The third-order valence-electron chi connectivity index (χ3n) is 8.81. The molecule has 3 heterocycles. The van der Waals surface area contributed by atoms with E-state index in [2.05, 4.69) is 9.98 Å². The second-order valence-corrected chi connectivity index (χ2v) is 12.0. The van der Waals surface area contributed by atoms with Crippen LogP contribution in [0.25, 0.3) is 16.6 Å². The van der Waals surface area contributed by atoms with Crippen molar-refractivity contribution in [2.75, 3.05) is 26.9 Å². The molecule has 3 aromatic carbocycles. The molecule has 0 aliphatic carbocycles. The number of fused-ring (bicyclic) bond motifs is 3. The molecule has 0 spiro atoms. The van der Waals surface area contributed by atoms with E-state index in [1.807, 2.05) is 72.6 Å². The Kier molecular flexibility index (Phi) is 9.96. The Morgan fingerprint density at radius 1 is 0.848 bits per heavy atom. The first kappa shape index (κ1) is 31.3. The van der Waals surface area contributed by atoms with Gasteiger partial charge in [0.25, 0.3) is 11.5 Å². The molecular formula is C37H42N4O5. The van der Waals surface area contributed by atoms with Gasteiger partial charge in [-0.25, -0.2) is 4.98 Å². The second kappa shape index (κ2) is 14.6. The van der Waals surface area contributed by atoms with Gasteiger partial charge in [0.2, 0.25) is 0 Å². The van der Waals surface area contributed by atoms with Crippen LogP contribution in [0.5, 0.6) is 17.2 Å². The SMILES string of the molecule is COc1cc2c(cc1OCCCCCCCCCOc1ccc(-n3c(C)nc4ccccc4c3=O)cc1)N=C[C@@H]1CCCN1C2=O. The van der Waals surface area contributed by atoms with Gasteiger partial charge in [0, 0.05) is 18.8 Å². The lowest BCUT2D eigenvalue weighted by atomic mass is 10.1. The quantitative estimate of drug-likeness (QED) is 0.138. The Hall–Kier alpha value is -4.66. The number of carbonyl (C=O) groups is 1. The van der Waals surface area contributed by atoms with Crippen LogP contribution in [0.2, 0.25) is 0 Å². The molecule has 46 heavy (non-hydrogen) atoms. The van der Waals surface area contributed by atoms with Gasteiger partial charge >= 0.3 is 0 Å². The third-order valence-corrected chi connectivity index (χ3v) is 8.81. The highest BCUT2D eigenvalue weighted by Crippen LogP contribution is 2.38. The average Bonchev–Trinajstić information content (AvgIpc) is 3.50. The number of amides is 1. The molecule has 0 radical (unpaired) electrons. The highest BCUT2D eigenvalue weighted by atomic mass is 16.5. The van der Waals surface area contributed by atoms with Gasteiger partial charge in [-0.3, -0.25) is 19.1 Å². The summed E-state index contributed by atoms with van der Waals surface area (Å²) in [6.45, 7) is 3.89. The standard InChI is InChI=1S/C37H42N4O5/c1-26-39-32-15-9-8-14-30(32)37(43)41(26)27-16-18-29(19-17-27)45-21-10-6-4-3-5-7-11-22-46-35-24-33-31(23-34(35)44-2)36(42)40-20-12-13-28(40)25-38-33/h8-9,14-19,23-25,28H,3-7,10-13,20-22H2,1-2H3/t28-/m0/s1. The van der Waals surface area contributed by atoms with E-state index in [0.29, 0.717) is 52.7 Å². The number of unbranched alkanes of at least 4 members (excludes halogenated alkanes) is 6. The smallest absolute Gasteiger partial charge is 0.265 e. The summed E-state index contributed by atoms with van der Waals surface area (Å²) >= 11 is 0. The number of para-hydroxylation sites is 1. The van der Waals surface area contributed by atoms with Crippen molar-refractivity contribution in [1.82, 2.24) is 14.5 Å². The average molecular weight is 623 g/mol. The van der Waals surface area contributed by atoms with Gasteiger partial charge in [0.1, 0.15) is 11.6 Å². The van der Waals surface area contributed by atoms with Crippen molar-refractivity contribution in [1.29, 1.82) is 0 Å². The molecule has 6 rings (SSSR count). The number of hydrogen-bond acceptors (Lipinski definition) is 7. The minimum Gasteiger partial charge on any atom is -0.494 e. The fourth-order valence-corrected chi connectivity index (χ4v) is 6.32. The normalized spacial score (nSPS) is 15.5. The van der Waals surface area contributed by atoms with Crippen molar-refractivity contribution in [3.8, 4) is 22.9 Å². The summed E-state index contributed by atoms with van der Waals surface area (Å²) in [6, 6.07) is 18.8. The maximum atomic E-state index is 13.0. The molecule has 2 aliphatic heterocycles. The number of nitrogens with zero attached hydrogens (tertiary/aromatic N) is 4. The lowest BCUT2D eigenvalue weighted by Gasteiger charge is -2.20. The summed E-state index contributed by atoms with van der Waals surface area (Å²) in [7, 11) is 1.61. The van der Waals surface area contributed by atoms with E-state index < -0.39 is 0 Å². The van der Waals surface area contributed by atoms with E-state index in [1.165, 1.54) is 12.8 Å². The van der Waals surface area contributed by atoms with E-state index in [-0.39, 0.29) is 17.5 Å². The Balaban J connectivity index is 0.870. The Morgan fingerprint density at radius 3 is 2.33 bits per heavy atom. The lowest BCUT2D eigenvalue weighted by molar-refractivity contribution is 0.0774. The Bertz CT molecular complexity index is 1760. The molecular weight excluding hydrogens is 580 g/mol. The van der Waals surface area contributed by atoms with Gasteiger partial charge in [-0.15, -0.1) is 0 Å². The maximum absolute atomic E-state index is 13.0. The summed E-state index contributed by atoms with van der Waals surface area (Å²) < 4.78 is 19.2. The van der Waals surface area contributed by atoms with Gasteiger partial charge in [-0.05, 0) is 75.1 Å². The highest BCUT2D eigenvalue weighted by Gasteiger charge is 2.32. The van der Waals surface area contributed by atoms with E-state index in [0.717, 1.165) is 62.9 Å². The predicted molar refractivity (Wildman–Crippen MR) is 181 cm³/mol. The van der Waals surface area contributed by atoms with E-state index >= 15 is 0 Å². The first-order valence-electron chi connectivity index (χ1n) is 16.4. The molecule has 0 N–H and O–H groups in total. The molecule has 1 aromatic heterocycles. The number of ether oxygens (including phenoxy) is 3. The van der Waals surface area contributed by atoms with Gasteiger partial charge < -0.3 is 19.1 Å². The highest BCUT2D eigenvalue weighted by molar-refractivity contribution is 6.03. The number of aliphatic imine (C=N–C) groups is 1. The lowest BCUT2D eigenvalue weighted by Crippen LogP contribution is -2.35. The van der Waals surface area contributed by atoms with Gasteiger partial charge in [0.15, 0.2) is 11.5 Å². The van der Waals surface area contributed by atoms with Crippen LogP contribution in [0.4, 0.5) is 5.69 Å². The Labute approximate surface area is 269 Å². The van der Waals surface area contributed by atoms with Crippen molar-refractivity contribution >= 4 is 28.7 Å². The van der Waals surface area contributed by atoms with E-state index in [4.69, 9.17) is 14.2 Å². The molecule has 1 saturated heterocycles. The van der Waals surface area contributed by atoms with Crippen molar-refractivity contribution in [2.24, 2.45) is 4.99 Å². The molecule has 0 bridgehead atoms. The molecule has 2 aliphatic rings. The summed E-state index contributed by atoms with van der Waals surface area (Å²) in [5.41, 5.74) is 2.66. The van der Waals surface area contributed by atoms with Crippen molar-refractivity contribution < 1.29 is 19.0 Å². The minimum absolute atomic E-state index is 0.0185. The number of rotatable bonds is 14. The molecule has 4 aromatic rings. The zero-order valence-corrected chi connectivity index (χ0v) is 26.7. The van der Waals surface area contributed by atoms with Crippen LogP contribution in [0, 0.1) is 6.92 Å². The summed E-state index contributed by atoms with van der Waals surface area (Å²) in [4.78, 5) is 37.2. The van der Waals surface area contributed by atoms with E-state index in [1.54, 1.807) is 17.7 Å². The first-order valence-corrected chi connectivity index (χ1v) is 16.4. The molecule has 0 unspecified atom stereocenters. The van der Waals surface area contributed by atoms with Crippen LogP contribution < -0.4 is 19.8 Å². The number of aromatic nitrogens is 2. The fraction of sp³-hybridized carbons (Fsp3) is 0.405. The molecule has 9 nitrogen and oxygen atoms in total. The van der Waals surface area contributed by atoms with Crippen molar-refractivity contribution in [3.05, 3.63) is 82.4 Å². The van der Waals surface area contributed by atoms with Gasteiger partial charge in [-0.2, -0.15) is 0 Å². The first-order chi connectivity index (χ1) is 22.5. The molecule has 1 amide bonds. The topological polar surface area (TPSA) is 95.2 Å². The number of hydrogen-bond donors (Lipinski definition) is 0. The largest absolute Gasteiger partial charge is 0.494 e. The number of benzene rings is 3. The summed E-state index contributed by atoms with van der Waals surface area (Å²) in [5, 5.41) is 0.610. The molecule has 0 saturated carbocycles. The summed E-state index contributed by atoms with van der Waals surface area (Å²) in [5.74, 6) is 2.69. The summed E-state index contributed by atoms with van der Waals surface area (Å²) in [6.07, 6.45) is 11.5. The van der Waals surface area contributed by atoms with Gasteiger partial charge in [0.05, 0.1) is 54.2 Å². The van der Waals surface area contributed by atoms with E-state index in [9.17, 15) is 9.59 Å². The minimum atomic E-state index is -0.0662. The number of methoxy groups -OCH3 is 1. The predicted octanol–water partition coefficient (Wildman–Crippen LogP) is 7.21. The van der Waals surface area contributed by atoms with Crippen LogP contribution in [0.3, 0.4) is 0 Å². The molecule has 9 heteroatoms. The zero-order valence-electron chi connectivity index (χ0n) is 26.7. The van der Waals surface area contributed by atoms with Crippen LogP contribution in [0.1, 0.15) is 74.0 Å². The fourth-order valence-electron chi connectivity index (χ4n) is 6.32. The molecule has 1 atom stereocenters. The van der Waals surface area contributed by atoms with Crippen LogP contribution in [0.15, 0.2) is 70.5 Å². The Morgan fingerprint density at radius 2 is 1.57 bits per heavy atom. The van der Waals surface area contributed by atoms with Gasteiger partial charge in [-0.1, -0.05) is 44.2 Å². The van der Waals surface area contributed by atoms with Crippen molar-refractivity contribution in [2.45, 2.75) is 70.8 Å². The third kappa shape index (κ3) is 6.93. The maximum Gasteiger partial charge on any atom is 0.265 e. The van der Waals surface area contributed by atoms with Crippen molar-refractivity contribution in [3.63, 3.8) is 0 Å². The number of carbonyl (C=O) groups excluding carboxylic acids is 1. The second-order valence-electron chi connectivity index (χ2n) is 12.0. The zero-order chi connectivity index (χ0) is 31.9. The van der Waals surface area contributed by atoms with Crippen LogP contribution in [-0.2, 0) is 0 Å². The number of aryl methyl sites for hydroxylation is 1. The van der Waals surface area contributed by atoms with Crippen LogP contribution in [-0.4, -0.2) is 59.5 Å². The monoisotopic (exact) mass is 622 g/mol. The molecule has 240 valence electrons.